The summed E-state index contributed by atoms with van der Waals surface area (Å²) in [4.78, 5) is 14.7. The highest BCUT2D eigenvalue weighted by molar-refractivity contribution is 6.38. The molecule has 0 atom stereocenters. The van der Waals surface area contributed by atoms with Gasteiger partial charge in [0, 0.05) is 12.1 Å². The molecular formula is C17H11Cl3N4O3. The van der Waals surface area contributed by atoms with E-state index in [1.165, 1.54) is 22.8 Å². The van der Waals surface area contributed by atoms with E-state index in [0.717, 1.165) is 0 Å². The SMILES string of the molecule is [C-]#[N+]c1cc(Cl)cc(Oc2c(Cl)ccc(OCc3n[nH]c(=O)n3C)c2Cl)c1. The first-order chi connectivity index (χ1) is 12.9. The number of halogens is 3. The molecule has 1 aromatic heterocycles. The first-order valence-electron chi connectivity index (χ1n) is 7.46. The van der Waals surface area contributed by atoms with E-state index in [9.17, 15) is 4.79 Å². The molecule has 0 fully saturated rings. The van der Waals surface area contributed by atoms with Crippen LogP contribution in [0.2, 0.25) is 15.1 Å². The van der Waals surface area contributed by atoms with Gasteiger partial charge in [0.2, 0.25) is 0 Å². The van der Waals surface area contributed by atoms with Crippen LogP contribution in [-0.2, 0) is 13.7 Å². The molecule has 0 aliphatic heterocycles. The van der Waals surface area contributed by atoms with E-state index < -0.39 is 0 Å². The third-order valence-electron chi connectivity index (χ3n) is 3.55. The standard InChI is InChI=1S/C17H11Cl3N4O3/c1-21-10-5-9(18)6-11(7-10)27-16-12(19)3-4-13(15(16)20)26-8-14-22-23-17(25)24(14)2/h3-7H,8H2,2H3,(H,23,25). The van der Waals surface area contributed by atoms with Crippen LogP contribution < -0.4 is 15.2 Å². The van der Waals surface area contributed by atoms with Gasteiger partial charge < -0.3 is 9.47 Å². The number of nitrogens with one attached hydrogen (secondary N) is 1. The van der Waals surface area contributed by atoms with Crippen molar-refractivity contribution in [2.24, 2.45) is 7.05 Å². The normalized spacial score (nSPS) is 10.5. The van der Waals surface area contributed by atoms with E-state index in [1.807, 2.05) is 0 Å². The molecule has 3 aromatic rings. The Bertz CT molecular complexity index is 1100. The molecule has 0 saturated heterocycles. The summed E-state index contributed by atoms with van der Waals surface area (Å²) in [6, 6.07) is 7.69. The maximum absolute atomic E-state index is 11.4. The van der Waals surface area contributed by atoms with E-state index in [0.29, 0.717) is 28.0 Å². The first-order valence-corrected chi connectivity index (χ1v) is 8.59. The first kappa shape index (κ1) is 19.1. The highest BCUT2D eigenvalue weighted by Gasteiger charge is 2.16. The average Bonchev–Trinajstić information content (AvgIpc) is 2.96. The van der Waals surface area contributed by atoms with Crippen molar-refractivity contribution >= 4 is 40.5 Å². The highest BCUT2D eigenvalue weighted by atomic mass is 35.5. The van der Waals surface area contributed by atoms with E-state index in [4.69, 9.17) is 50.8 Å². The van der Waals surface area contributed by atoms with Gasteiger partial charge in [0.1, 0.15) is 23.1 Å². The Morgan fingerprint density at radius 3 is 2.70 bits per heavy atom. The molecule has 27 heavy (non-hydrogen) atoms. The van der Waals surface area contributed by atoms with Gasteiger partial charge in [0.05, 0.1) is 11.6 Å². The lowest BCUT2D eigenvalue weighted by Crippen LogP contribution is -2.15. The molecular weight excluding hydrogens is 415 g/mol. The van der Waals surface area contributed by atoms with E-state index in [2.05, 4.69) is 15.0 Å². The minimum atomic E-state index is -0.351. The van der Waals surface area contributed by atoms with Crippen molar-refractivity contribution in [2.75, 3.05) is 0 Å². The van der Waals surface area contributed by atoms with Crippen LogP contribution in [0.25, 0.3) is 4.85 Å². The average molecular weight is 426 g/mol. The fourth-order valence-electron chi connectivity index (χ4n) is 2.16. The topological polar surface area (TPSA) is 73.5 Å². The molecule has 0 bridgehead atoms. The minimum Gasteiger partial charge on any atom is -0.484 e. The second-order valence-electron chi connectivity index (χ2n) is 5.34. The van der Waals surface area contributed by atoms with Crippen LogP contribution in [0.3, 0.4) is 0 Å². The molecule has 1 heterocycles. The number of rotatable bonds is 5. The van der Waals surface area contributed by atoms with Crippen molar-refractivity contribution in [3.05, 3.63) is 73.1 Å². The Balaban J connectivity index is 1.87. The van der Waals surface area contributed by atoms with Crippen molar-refractivity contribution in [3.8, 4) is 17.2 Å². The number of aromatic nitrogens is 3. The maximum Gasteiger partial charge on any atom is 0.343 e. The van der Waals surface area contributed by atoms with Crippen LogP contribution in [0.15, 0.2) is 35.1 Å². The largest absolute Gasteiger partial charge is 0.484 e. The second-order valence-corrected chi connectivity index (χ2v) is 6.56. The Morgan fingerprint density at radius 2 is 2.04 bits per heavy atom. The highest BCUT2D eigenvalue weighted by Crippen LogP contribution is 2.43. The third kappa shape index (κ3) is 4.19. The summed E-state index contributed by atoms with van der Waals surface area (Å²) < 4.78 is 12.7. The van der Waals surface area contributed by atoms with E-state index >= 15 is 0 Å². The van der Waals surface area contributed by atoms with Gasteiger partial charge >= 0.3 is 5.69 Å². The Labute approximate surface area is 168 Å². The Kier molecular flexibility index (Phi) is 5.61. The fourth-order valence-corrected chi connectivity index (χ4v) is 2.88. The molecule has 138 valence electrons. The van der Waals surface area contributed by atoms with Crippen LogP contribution in [0.4, 0.5) is 5.69 Å². The fraction of sp³-hybridized carbons (Fsp3) is 0.118. The van der Waals surface area contributed by atoms with Crippen LogP contribution >= 0.6 is 34.8 Å². The molecule has 2 aromatic carbocycles. The molecule has 7 nitrogen and oxygen atoms in total. The summed E-state index contributed by atoms with van der Waals surface area (Å²) in [5.74, 6) is 1.15. The van der Waals surface area contributed by atoms with Crippen molar-refractivity contribution < 1.29 is 9.47 Å². The zero-order valence-corrected chi connectivity index (χ0v) is 16.1. The Morgan fingerprint density at radius 1 is 1.26 bits per heavy atom. The quantitative estimate of drug-likeness (QED) is 0.584. The number of aromatic amines is 1. The summed E-state index contributed by atoms with van der Waals surface area (Å²) in [7, 11) is 1.57. The van der Waals surface area contributed by atoms with Crippen LogP contribution in [0.1, 0.15) is 5.82 Å². The summed E-state index contributed by atoms with van der Waals surface area (Å²) in [5.41, 5.74) is -0.0343. The predicted octanol–water partition coefficient (Wildman–Crippen LogP) is 4.99. The van der Waals surface area contributed by atoms with Crippen molar-refractivity contribution in [3.63, 3.8) is 0 Å². The van der Waals surface area contributed by atoms with Gasteiger partial charge in [-0.3, -0.25) is 4.57 Å². The number of hydrogen-bond acceptors (Lipinski definition) is 4. The van der Waals surface area contributed by atoms with Gasteiger partial charge in [-0.1, -0.05) is 34.8 Å². The van der Waals surface area contributed by atoms with Gasteiger partial charge in [-0.15, -0.1) is 0 Å². The van der Waals surface area contributed by atoms with E-state index in [-0.39, 0.29) is 28.1 Å². The second kappa shape index (κ2) is 7.92. The molecule has 0 aliphatic carbocycles. The molecule has 0 aliphatic rings. The Hall–Kier alpha value is -2.66. The van der Waals surface area contributed by atoms with Crippen LogP contribution in [-0.4, -0.2) is 14.8 Å². The molecule has 0 radical (unpaired) electrons. The molecule has 0 amide bonds. The summed E-state index contributed by atoms with van der Waals surface area (Å²) in [6.45, 7) is 7.11. The van der Waals surface area contributed by atoms with E-state index in [1.54, 1.807) is 19.2 Å². The van der Waals surface area contributed by atoms with Gasteiger partial charge in [-0.05, 0) is 30.3 Å². The van der Waals surface area contributed by atoms with Crippen molar-refractivity contribution in [1.29, 1.82) is 0 Å². The molecule has 0 saturated carbocycles. The number of ether oxygens (including phenoxy) is 2. The lowest BCUT2D eigenvalue weighted by molar-refractivity contribution is 0.290. The van der Waals surface area contributed by atoms with Crippen molar-refractivity contribution in [1.82, 2.24) is 14.8 Å². The van der Waals surface area contributed by atoms with Gasteiger partial charge in [0.25, 0.3) is 0 Å². The molecule has 0 spiro atoms. The molecule has 3 rings (SSSR count). The molecule has 1 N–H and O–H groups in total. The zero-order valence-electron chi connectivity index (χ0n) is 13.8. The number of hydrogen-bond donors (Lipinski definition) is 1. The molecule has 0 unspecified atom stereocenters. The summed E-state index contributed by atoms with van der Waals surface area (Å²) in [5, 5.41) is 6.90. The van der Waals surface area contributed by atoms with Crippen LogP contribution in [0, 0.1) is 6.57 Å². The van der Waals surface area contributed by atoms with Gasteiger partial charge in [-0.25, -0.2) is 14.7 Å². The van der Waals surface area contributed by atoms with Crippen LogP contribution in [0.5, 0.6) is 17.2 Å². The predicted molar refractivity (Wildman–Crippen MR) is 102 cm³/mol. The van der Waals surface area contributed by atoms with Gasteiger partial charge in [0.15, 0.2) is 17.3 Å². The third-order valence-corrected chi connectivity index (χ3v) is 4.42. The lowest BCUT2D eigenvalue weighted by Gasteiger charge is -2.14. The lowest BCUT2D eigenvalue weighted by atomic mass is 10.3. The number of nitrogens with zero attached hydrogens (tertiary/aromatic N) is 3. The minimum absolute atomic E-state index is 0.00900. The number of benzene rings is 2. The molecule has 10 heteroatoms. The summed E-state index contributed by atoms with van der Waals surface area (Å²) in [6.07, 6.45) is 0. The van der Waals surface area contributed by atoms with Crippen molar-refractivity contribution in [2.45, 2.75) is 6.61 Å². The smallest absolute Gasteiger partial charge is 0.343 e. The number of H-pyrrole nitrogens is 1. The van der Waals surface area contributed by atoms with Gasteiger partial charge in [-0.2, -0.15) is 5.10 Å². The monoisotopic (exact) mass is 424 g/mol. The zero-order chi connectivity index (χ0) is 19.6. The summed E-state index contributed by atoms with van der Waals surface area (Å²) >= 11 is 18.5. The maximum atomic E-state index is 11.4.